The number of H-pyrrole nitrogens is 1. The van der Waals surface area contributed by atoms with Crippen molar-refractivity contribution in [3.63, 3.8) is 0 Å². The first-order valence-electron chi connectivity index (χ1n) is 10.0. The Labute approximate surface area is 160 Å². The molecule has 2 atom stereocenters. The van der Waals surface area contributed by atoms with Crippen molar-refractivity contribution in [3.05, 3.63) is 66.9 Å². The van der Waals surface area contributed by atoms with Gasteiger partial charge in [-0.05, 0) is 30.5 Å². The smallest absolute Gasteiger partial charge is 0.0672 e. The van der Waals surface area contributed by atoms with Crippen LogP contribution >= 0.6 is 0 Å². The highest BCUT2D eigenvalue weighted by Crippen LogP contribution is 2.45. The fourth-order valence-electron chi connectivity index (χ4n) is 4.96. The van der Waals surface area contributed by atoms with Crippen molar-refractivity contribution in [2.45, 2.75) is 44.3 Å². The van der Waals surface area contributed by atoms with Crippen LogP contribution in [-0.4, -0.2) is 28.8 Å². The normalized spacial score (nSPS) is 21.8. The van der Waals surface area contributed by atoms with Crippen molar-refractivity contribution in [1.29, 1.82) is 0 Å². The van der Waals surface area contributed by atoms with E-state index >= 15 is 0 Å². The Balaban J connectivity index is 1.66. The van der Waals surface area contributed by atoms with Crippen LogP contribution in [0.5, 0.6) is 0 Å². The number of fused-ring (bicyclic) bond motifs is 3. The number of rotatable bonds is 4. The standard InChI is InChI=1S/C23H26N4/c1-2-12-26-20-10-6-7-11-21(20)27(16-17-8-4-3-5-9-17)22-13-18-15-24-25-19(18)14-23(22)26/h2-5,8-9,13-15,20-21H,1,6-7,10-12,16H2,(H,24,25)/t20-,21+/m1/s1. The van der Waals surface area contributed by atoms with Gasteiger partial charge >= 0.3 is 0 Å². The Morgan fingerprint density at radius 3 is 2.56 bits per heavy atom. The molecule has 1 aliphatic carbocycles. The molecule has 3 aromatic rings. The first-order valence-corrected chi connectivity index (χ1v) is 10.0. The Morgan fingerprint density at radius 2 is 1.78 bits per heavy atom. The number of anilines is 2. The quantitative estimate of drug-likeness (QED) is 0.675. The molecule has 0 amide bonds. The lowest BCUT2D eigenvalue weighted by atomic mass is 9.84. The lowest BCUT2D eigenvalue weighted by Gasteiger charge is -2.52. The molecule has 4 heteroatoms. The maximum absolute atomic E-state index is 4.26. The number of hydrogen-bond donors (Lipinski definition) is 1. The summed E-state index contributed by atoms with van der Waals surface area (Å²) in [5.74, 6) is 0. The van der Waals surface area contributed by atoms with Crippen molar-refractivity contribution in [2.75, 3.05) is 16.3 Å². The van der Waals surface area contributed by atoms with Crippen LogP contribution in [0.4, 0.5) is 11.4 Å². The minimum absolute atomic E-state index is 0.549. The molecule has 138 valence electrons. The van der Waals surface area contributed by atoms with Crippen LogP contribution in [0.15, 0.2) is 61.3 Å². The van der Waals surface area contributed by atoms with Gasteiger partial charge in [0.15, 0.2) is 0 Å². The molecule has 4 nitrogen and oxygen atoms in total. The lowest BCUT2D eigenvalue weighted by molar-refractivity contribution is 0.338. The first kappa shape index (κ1) is 16.4. The van der Waals surface area contributed by atoms with Gasteiger partial charge in [-0.15, -0.1) is 6.58 Å². The molecular weight excluding hydrogens is 332 g/mol. The minimum Gasteiger partial charge on any atom is -0.361 e. The zero-order valence-corrected chi connectivity index (χ0v) is 15.6. The van der Waals surface area contributed by atoms with E-state index in [0.29, 0.717) is 12.1 Å². The fraction of sp³-hybridized carbons (Fsp3) is 0.348. The van der Waals surface area contributed by atoms with Crippen LogP contribution in [0.25, 0.3) is 10.9 Å². The van der Waals surface area contributed by atoms with E-state index < -0.39 is 0 Å². The Kier molecular flexibility index (Phi) is 4.12. The Morgan fingerprint density at radius 1 is 1.04 bits per heavy atom. The fourth-order valence-corrected chi connectivity index (χ4v) is 4.96. The van der Waals surface area contributed by atoms with Gasteiger partial charge in [-0.2, -0.15) is 5.10 Å². The third-order valence-electron chi connectivity index (χ3n) is 6.17. The summed E-state index contributed by atoms with van der Waals surface area (Å²) < 4.78 is 0. The van der Waals surface area contributed by atoms with E-state index in [-0.39, 0.29) is 0 Å². The van der Waals surface area contributed by atoms with Gasteiger partial charge in [-0.25, -0.2) is 0 Å². The molecule has 2 aliphatic rings. The van der Waals surface area contributed by atoms with E-state index in [1.807, 2.05) is 12.3 Å². The molecule has 0 bridgehead atoms. The summed E-state index contributed by atoms with van der Waals surface area (Å²) in [7, 11) is 0. The molecule has 0 unspecified atom stereocenters. The van der Waals surface area contributed by atoms with Crippen molar-refractivity contribution in [2.24, 2.45) is 0 Å². The summed E-state index contributed by atoms with van der Waals surface area (Å²) in [5.41, 5.74) is 5.12. The average molecular weight is 358 g/mol. The van der Waals surface area contributed by atoms with E-state index in [0.717, 1.165) is 18.6 Å². The van der Waals surface area contributed by atoms with Crippen LogP contribution in [0.3, 0.4) is 0 Å². The van der Waals surface area contributed by atoms with Gasteiger partial charge in [0.05, 0.1) is 23.1 Å². The largest absolute Gasteiger partial charge is 0.361 e. The number of benzene rings is 2. The van der Waals surface area contributed by atoms with Crippen molar-refractivity contribution in [3.8, 4) is 0 Å². The second-order valence-electron chi connectivity index (χ2n) is 7.77. The highest BCUT2D eigenvalue weighted by Gasteiger charge is 2.40. The maximum atomic E-state index is 4.26. The molecule has 1 N–H and O–H groups in total. The van der Waals surface area contributed by atoms with E-state index in [1.54, 1.807) is 0 Å². The second-order valence-corrected chi connectivity index (χ2v) is 7.77. The molecule has 0 spiro atoms. The Hall–Kier alpha value is -2.75. The Bertz CT molecular complexity index is 945. The SMILES string of the molecule is C=CCN1c2cc3[nH]ncc3cc2N(Cc2ccccc2)[C@H]2CCCC[C@H]21. The number of nitrogens with one attached hydrogen (secondary N) is 1. The van der Waals surface area contributed by atoms with Gasteiger partial charge < -0.3 is 9.80 Å². The van der Waals surface area contributed by atoms with Crippen LogP contribution in [0.2, 0.25) is 0 Å². The zero-order valence-electron chi connectivity index (χ0n) is 15.6. The highest BCUT2D eigenvalue weighted by molar-refractivity contribution is 5.91. The third-order valence-corrected chi connectivity index (χ3v) is 6.17. The molecule has 0 saturated heterocycles. The number of nitrogens with zero attached hydrogens (tertiary/aromatic N) is 3. The minimum atomic E-state index is 0.549. The van der Waals surface area contributed by atoms with Crippen LogP contribution in [-0.2, 0) is 6.54 Å². The predicted molar refractivity (Wildman–Crippen MR) is 112 cm³/mol. The van der Waals surface area contributed by atoms with Gasteiger partial charge in [-0.1, -0.05) is 49.2 Å². The van der Waals surface area contributed by atoms with Gasteiger partial charge in [0, 0.05) is 30.6 Å². The van der Waals surface area contributed by atoms with Gasteiger partial charge in [0.1, 0.15) is 0 Å². The summed E-state index contributed by atoms with van der Waals surface area (Å²) in [6, 6.07) is 16.6. The summed E-state index contributed by atoms with van der Waals surface area (Å²) in [6.45, 7) is 5.88. The monoisotopic (exact) mass is 358 g/mol. The molecule has 1 aromatic heterocycles. The molecule has 5 rings (SSSR count). The lowest BCUT2D eigenvalue weighted by Crippen LogP contribution is -2.57. The van der Waals surface area contributed by atoms with Crippen molar-refractivity contribution >= 4 is 22.3 Å². The molecule has 1 fully saturated rings. The highest BCUT2D eigenvalue weighted by atomic mass is 15.3. The molecule has 1 aliphatic heterocycles. The van der Waals surface area contributed by atoms with E-state index in [1.165, 1.54) is 48.0 Å². The van der Waals surface area contributed by atoms with Crippen LogP contribution in [0, 0.1) is 0 Å². The predicted octanol–water partition coefficient (Wildman–Crippen LogP) is 4.89. The van der Waals surface area contributed by atoms with E-state index in [9.17, 15) is 0 Å². The number of aromatic amines is 1. The van der Waals surface area contributed by atoms with Crippen molar-refractivity contribution < 1.29 is 0 Å². The molecular formula is C23H26N4. The molecule has 0 radical (unpaired) electrons. The zero-order chi connectivity index (χ0) is 18.2. The third kappa shape index (κ3) is 2.80. The number of hydrogen-bond acceptors (Lipinski definition) is 3. The summed E-state index contributed by atoms with van der Waals surface area (Å²) in [4.78, 5) is 5.23. The molecule has 1 saturated carbocycles. The average Bonchev–Trinajstić information content (AvgIpc) is 3.17. The summed E-state index contributed by atoms with van der Waals surface area (Å²) in [5, 5.41) is 8.59. The second kappa shape index (κ2) is 6.76. The van der Waals surface area contributed by atoms with Gasteiger partial charge in [0.25, 0.3) is 0 Å². The molecule has 2 heterocycles. The first-order chi connectivity index (χ1) is 13.3. The number of aromatic nitrogens is 2. The summed E-state index contributed by atoms with van der Waals surface area (Å²) in [6.07, 6.45) is 9.12. The molecule has 27 heavy (non-hydrogen) atoms. The van der Waals surface area contributed by atoms with E-state index in [2.05, 4.69) is 69.0 Å². The summed E-state index contributed by atoms with van der Waals surface area (Å²) >= 11 is 0. The van der Waals surface area contributed by atoms with Gasteiger partial charge in [0.2, 0.25) is 0 Å². The van der Waals surface area contributed by atoms with Crippen LogP contribution < -0.4 is 9.80 Å². The van der Waals surface area contributed by atoms with Gasteiger partial charge in [-0.3, -0.25) is 5.10 Å². The van der Waals surface area contributed by atoms with Crippen molar-refractivity contribution in [1.82, 2.24) is 10.2 Å². The maximum Gasteiger partial charge on any atom is 0.0672 e. The van der Waals surface area contributed by atoms with Crippen LogP contribution in [0.1, 0.15) is 31.2 Å². The molecule has 2 aromatic carbocycles. The van der Waals surface area contributed by atoms with E-state index in [4.69, 9.17) is 0 Å². The topological polar surface area (TPSA) is 35.2 Å².